The molecule has 0 aliphatic carbocycles. The number of carboxylic acid groups (broad SMARTS) is 1. The van der Waals surface area contributed by atoms with Gasteiger partial charge in [0, 0.05) is 10.9 Å². The zero-order valence-corrected chi connectivity index (χ0v) is 8.20. The van der Waals surface area contributed by atoms with Gasteiger partial charge in [0.15, 0.2) is 0 Å². The average molecular weight is 227 g/mol. The Balaban J connectivity index is 2.67. The molecular weight excluding hydrogens is 221 g/mol. The molecule has 0 radical (unpaired) electrons. The molecule has 2 rings (SSSR count). The van der Waals surface area contributed by atoms with Crippen molar-refractivity contribution in [1.82, 2.24) is 4.57 Å². The van der Waals surface area contributed by atoms with Crippen LogP contribution in [0.25, 0.3) is 10.1 Å². The predicted octanol–water partition coefficient (Wildman–Crippen LogP) is 1.62. The lowest BCUT2D eigenvalue weighted by Crippen LogP contribution is -2.26. The van der Waals surface area contributed by atoms with Crippen molar-refractivity contribution in [2.24, 2.45) is 0 Å². The van der Waals surface area contributed by atoms with Gasteiger partial charge in [0.05, 0.1) is 5.39 Å². The van der Waals surface area contributed by atoms with Crippen molar-refractivity contribution in [2.45, 2.75) is 6.30 Å². The Hall–Kier alpha value is -1.69. The first-order chi connectivity index (χ1) is 7.11. The number of hydrogen-bond acceptors (Lipinski definition) is 3. The van der Waals surface area contributed by atoms with Crippen LogP contribution < -0.4 is 5.56 Å². The van der Waals surface area contributed by atoms with Gasteiger partial charge < -0.3 is 5.11 Å². The Morgan fingerprint density at radius 2 is 2.27 bits per heavy atom. The smallest absolute Gasteiger partial charge is 0.360 e. The van der Waals surface area contributed by atoms with Gasteiger partial charge >= 0.3 is 5.97 Å². The molecule has 1 atom stereocenters. The van der Waals surface area contributed by atoms with E-state index in [1.54, 1.807) is 11.4 Å². The molecule has 1 unspecified atom stereocenters. The molecule has 1 N–H and O–H groups in total. The summed E-state index contributed by atoms with van der Waals surface area (Å²) in [6.45, 7) is 0. The number of carboxylic acids is 1. The molecule has 0 saturated heterocycles. The van der Waals surface area contributed by atoms with Gasteiger partial charge in [0.2, 0.25) is 0 Å². The fourth-order valence-electron chi connectivity index (χ4n) is 1.28. The van der Waals surface area contributed by atoms with Gasteiger partial charge in [-0.15, -0.1) is 11.3 Å². The molecule has 2 aromatic rings. The van der Waals surface area contributed by atoms with E-state index in [1.807, 2.05) is 0 Å². The van der Waals surface area contributed by atoms with Crippen molar-refractivity contribution in [3.63, 3.8) is 0 Å². The van der Waals surface area contributed by atoms with Gasteiger partial charge in [-0.1, -0.05) is 0 Å². The average Bonchev–Trinajstić information content (AvgIpc) is 2.66. The van der Waals surface area contributed by atoms with Crippen molar-refractivity contribution >= 4 is 27.4 Å². The molecule has 4 nitrogen and oxygen atoms in total. The number of fused-ring (bicyclic) bond motifs is 1. The Morgan fingerprint density at radius 3 is 2.93 bits per heavy atom. The zero-order valence-electron chi connectivity index (χ0n) is 7.38. The minimum atomic E-state index is -2.33. The summed E-state index contributed by atoms with van der Waals surface area (Å²) in [6.07, 6.45) is -1.18. The van der Waals surface area contributed by atoms with Crippen LogP contribution in [0.15, 0.2) is 28.5 Å². The lowest BCUT2D eigenvalue weighted by molar-refractivity contribution is -0.146. The van der Waals surface area contributed by atoms with E-state index in [0.29, 0.717) is 14.7 Å². The highest BCUT2D eigenvalue weighted by atomic mass is 32.1. The quantitative estimate of drug-likeness (QED) is 0.848. The van der Waals surface area contributed by atoms with Crippen molar-refractivity contribution < 1.29 is 14.3 Å². The van der Waals surface area contributed by atoms with Crippen LogP contribution in [0.5, 0.6) is 0 Å². The molecule has 0 saturated carbocycles. The monoisotopic (exact) mass is 227 g/mol. The molecule has 0 spiro atoms. The summed E-state index contributed by atoms with van der Waals surface area (Å²) >= 11 is 1.35. The summed E-state index contributed by atoms with van der Waals surface area (Å²) in [6, 6.07) is 3.07. The molecule has 15 heavy (non-hydrogen) atoms. The summed E-state index contributed by atoms with van der Waals surface area (Å²) in [5, 5.41) is 10.5. The molecule has 2 aromatic heterocycles. The number of thiophene rings is 1. The van der Waals surface area contributed by atoms with Crippen LogP contribution in [0, 0.1) is 0 Å². The molecule has 0 aromatic carbocycles. The second-order valence-corrected chi connectivity index (χ2v) is 3.85. The third kappa shape index (κ3) is 1.52. The van der Waals surface area contributed by atoms with Gasteiger partial charge in [-0.05, 0) is 17.5 Å². The Labute approximate surface area is 87.2 Å². The number of rotatable bonds is 2. The number of alkyl halides is 1. The first kappa shape index (κ1) is 9.85. The Kier molecular flexibility index (Phi) is 2.28. The number of pyridine rings is 1. The predicted molar refractivity (Wildman–Crippen MR) is 53.9 cm³/mol. The molecule has 0 bridgehead atoms. The summed E-state index contributed by atoms with van der Waals surface area (Å²) < 4.78 is 14.4. The maximum atomic E-state index is 13.1. The number of carbonyl (C=O) groups is 1. The van der Waals surface area contributed by atoms with Gasteiger partial charge in [0.25, 0.3) is 11.9 Å². The van der Waals surface area contributed by atoms with Crippen molar-refractivity contribution in [3.8, 4) is 0 Å². The lowest BCUT2D eigenvalue weighted by Gasteiger charge is -2.06. The number of aromatic nitrogens is 1. The SMILES string of the molecule is O=C(O)C(F)n1ccc2sccc2c1=O. The largest absolute Gasteiger partial charge is 0.478 e. The Bertz CT molecular complexity index is 574. The highest BCUT2D eigenvalue weighted by molar-refractivity contribution is 7.17. The molecule has 2 heterocycles. The molecule has 0 amide bonds. The maximum absolute atomic E-state index is 13.1. The second kappa shape index (κ2) is 3.47. The summed E-state index contributed by atoms with van der Waals surface area (Å²) in [4.78, 5) is 22.0. The zero-order chi connectivity index (χ0) is 11.0. The van der Waals surface area contributed by atoms with Gasteiger partial charge in [0.1, 0.15) is 0 Å². The fraction of sp³-hybridized carbons (Fsp3) is 0.111. The fourth-order valence-corrected chi connectivity index (χ4v) is 2.05. The van der Waals surface area contributed by atoms with Gasteiger partial charge in [-0.2, -0.15) is 0 Å². The van der Waals surface area contributed by atoms with E-state index in [9.17, 15) is 14.0 Å². The standard InChI is InChI=1S/C9H6FNO3S/c10-7(9(13)14)11-3-1-6-5(8(11)12)2-4-15-6/h1-4,7H,(H,13,14). The van der Waals surface area contributed by atoms with E-state index < -0.39 is 17.8 Å². The third-order valence-corrected chi connectivity index (χ3v) is 2.88. The lowest BCUT2D eigenvalue weighted by atomic mass is 10.3. The van der Waals surface area contributed by atoms with Crippen LogP contribution in [0.2, 0.25) is 0 Å². The molecule has 78 valence electrons. The Morgan fingerprint density at radius 1 is 1.53 bits per heavy atom. The first-order valence-corrected chi connectivity index (χ1v) is 4.94. The number of aliphatic carboxylic acids is 1. The van der Waals surface area contributed by atoms with Crippen LogP contribution in [-0.2, 0) is 4.79 Å². The van der Waals surface area contributed by atoms with E-state index in [-0.39, 0.29) is 0 Å². The van der Waals surface area contributed by atoms with Crippen LogP contribution in [0.3, 0.4) is 0 Å². The van der Waals surface area contributed by atoms with E-state index in [4.69, 9.17) is 5.11 Å². The van der Waals surface area contributed by atoms with E-state index in [2.05, 4.69) is 0 Å². The van der Waals surface area contributed by atoms with Crippen LogP contribution >= 0.6 is 11.3 Å². The molecule has 0 fully saturated rings. The molecule has 6 heteroatoms. The molecule has 0 aliphatic rings. The van der Waals surface area contributed by atoms with Crippen molar-refractivity contribution in [1.29, 1.82) is 0 Å². The second-order valence-electron chi connectivity index (χ2n) is 2.90. The molecule has 0 aliphatic heterocycles. The van der Waals surface area contributed by atoms with Crippen LogP contribution in [0.4, 0.5) is 4.39 Å². The van der Waals surface area contributed by atoms with Gasteiger partial charge in [-0.25, -0.2) is 9.18 Å². The molecular formula is C9H6FNO3S. The number of nitrogens with zero attached hydrogens (tertiary/aromatic N) is 1. The van der Waals surface area contributed by atoms with E-state index >= 15 is 0 Å². The van der Waals surface area contributed by atoms with E-state index in [1.165, 1.54) is 17.4 Å². The highest BCUT2D eigenvalue weighted by Gasteiger charge is 2.19. The first-order valence-electron chi connectivity index (χ1n) is 4.06. The van der Waals surface area contributed by atoms with Crippen LogP contribution in [-0.4, -0.2) is 15.6 Å². The van der Waals surface area contributed by atoms with E-state index in [0.717, 1.165) is 6.20 Å². The third-order valence-electron chi connectivity index (χ3n) is 1.99. The van der Waals surface area contributed by atoms with Crippen molar-refractivity contribution in [3.05, 3.63) is 34.1 Å². The minimum absolute atomic E-state index is 0.339. The minimum Gasteiger partial charge on any atom is -0.478 e. The number of halogens is 1. The highest BCUT2D eigenvalue weighted by Crippen LogP contribution is 2.17. The summed E-state index contributed by atoms with van der Waals surface area (Å²) in [5.74, 6) is -1.67. The number of hydrogen-bond donors (Lipinski definition) is 1. The topological polar surface area (TPSA) is 59.3 Å². The van der Waals surface area contributed by atoms with Crippen LogP contribution in [0.1, 0.15) is 6.30 Å². The maximum Gasteiger partial charge on any atom is 0.360 e. The van der Waals surface area contributed by atoms with Crippen molar-refractivity contribution in [2.75, 3.05) is 0 Å². The normalized spacial score (nSPS) is 12.9. The van der Waals surface area contributed by atoms with Gasteiger partial charge in [-0.3, -0.25) is 9.36 Å². The summed E-state index contributed by atoms with van der Waals surface area (Å²) in [7, 11) is 0. The summed E-state index contributed by atoms with van der Waals surface area (Å²) in [5.41, 5.74) is -0.622.